The summed E-state index contributed by atoms with van der Waals surface area (Å²) in [6, 6.07) is 9.75. The maximum atomic E-state index is 13.0. The monoisotopic (exact) mass is 426 g/mol. The SMILES string of the molecule is COc1cnc(N2CC[C@@](NC(=O)CC3CCOCC3)(c3ccccc3)[C@H](O)C2)nc1. The number of carbonyl (C=O) groups is 1. The smallest absolute Gasteiger partial charge is 0.225 e. The van der Waals surface area contributed by atoms with Crippen molar-refractivity contribution in [3.63, 3.8) is 0 Å². The third kappa shape index (κ3) is 4.80. The molecular formula is C23H30N4O4. The van der Waals surface area contributed by atoms with E-state index in [4.69, 9.17) is 9.47 Å². The highest BCUT2D eigenvalue weighted by Crippen LogP contribution is 2.35. The molecule has 0 saturated carbocycles. The van der Waals surface area contributed by atoms with E-state index < -0.39 is 11.6 Å². The van der Waals surface area contributed by atoms with Crippen LogP contribution in [0.15, 0.2) is 42.7 Å². The molecule has 0 spiro atoms. The lowest BCUT2D eigenvalue weighted by Gasteiger charge is -2.46. The first-order chi connectivity index (χ1) is 15.1. The normalized spacial score (nSPS) is 24.6. The van der Waals surface area contributed by atoms with Crippen LogP contribution in [0.5, 0.6) is 5.75 Å². The molecule has 0 aliphatic carbocycles. The van der Waals surface area contributed by atoms with Gasteiger partial charge in [0.25, 0.3) is 0 Å². The first-order valence-corrected chi connectivity index (χ1v) is 10.8. The lowest BCUT2D eigenvalue weighted by Crippen LogP contribution is -2.62. The summed E-state index contributed by atoms with van der Waals surface area (Å²) >= 11 is 0. The topological polar surface area (TPSA) is 96.8 Å². The van der Waals surface area contributed by atoms with Gasteiger partial charge in [-0.2, -0.15) is 0 Å². The largest absolute Gasteiger partial charge is 0.494 e. The van der Waals surface area contributed by atoms with E-state index >= 15 is 0 Å². The van der Waals surface area contributed by atoms with E-state index in [1.807, 2.05) is 35.2 Å². The number of anilines is 1. The third-order valence-corrected chi connectivity index (χ3v) is 6.34. The van der Waals surface area contributed by atoms with Gasteiger partial charge in [-0.3, -0.25) is 4.79 Å². The minimum absolute atomic E-state index is 0.0241. The third-order valence-electron chi connectivity index (χ3n) is 6.34. The fraction of sp³-hybridized carbons (Fsp3) is 0.522. The Morgan fingerprint density at radius 3 is 2.61 bits per heavy atom. The Morgan fingerprint density at radius 2 is 1.97 bits per heavy atom. The molecule has 3 heterocycles. The van der Waals surface area contributed by atoms with Crippen LogP contribution in [0.3, 0.4) is 0 Å². The molecule has 1 amide bonds. The van der Waals surface area contributed by atoms with Gasteiger partial charge >= 0.3 is 0 Å². The van der Waals surface area contributed by atoms with Crippen molar-refractivity contribution in [2.24, 2.45) is 5.92 Å². The van der Waals surface area contributed by atoms with Crippen LogP contribution in [-0.2, 0) is 15.1 Å². The van der Waals surface area contributed by atoms with Gasteiger partial charge in [-0.1, -0.05) is 30.3 Å². The van der Waals surface area contributed by atoms with Gasteiger partial charge in [0, 0.05) is 32.7 Å². The number of ether oxygens (including phenoxy) is 2. The van der Waals surface area contributed by atoms with Crippen LogP contribution >= 0.6 is 0 Å². The Morgan fingerprint density at radius 1 is 1.26 bits per heavy atom. The van der Waals surface area contributed by atoms with Crippen molar-refractivity contribution in [1.82, 2.24) is 15.3 Å². The van der Waals surface area contributed by atoms with Crippen molar-refractivity contribution < 1.29 is 19.4 Å². The van der Waals surface area contributed by atoms with Crippen LogP contribution in [0.1, 0.15) is 31.2 Å². The molecule has 2 aromatic rings. The van der Waals surface area contributed by atoms with Crippen LogP contribution in [-0.4, -0.2) is 60.5 Å². The van der Waals surface area contributed by atoms with Crippen molar-refractivity contribution in [2.75, 3.05) is 38.3 Å². The predicted octanol–water partition coefficient (Wildman–Crippen LogP) is 1.88. The zero-order chi connectivity index (χ0) is 21.7. The fourth-order valence-corrected chi connectivity index (χ4v) is 4.50. The Balaban J connectivity index is 1.52. The van der Waals surface area contributed by atoms with Crippen LogP contribution in [0.4, 0.5) is 5.95 Å². The molecule has 31 heavy (non-hydrogen) atoms. The average Bonchev–Trinajstić information content (AvgIpc) is 2.81. The first kappa shape index (κ1) is 21.5. The Hall–Kier alpha value is -2.71. The first-order valence-electron chi connectivity index (χ1n) is 10.8. The van der Waals surface area contributed by atoms with Gasteiger partial charge < -0.3 is 24.8 Å². The molecule has 0 radical (unpaired) electrons. The van der Waals surface area contributed by atoms with E-state index in [-0.39, 0.29) is 5.91 Å². The zero-order valence-electron chi connectivity index (χ0n) is 17.9. The van der Waals surface area contributed by atoms with Gasteiger partial charge in [0.1, 0.15) is 0 Å². The standard InChI is InChI=1S/C23H30N4O4/c1-30-19-14-24-22(25-15-19)27-10-9-23(20(28)16-27,18-5-3-2-4-6-18)26-21(29)13-17-7-11-31-12-8-17/h2-6,14-15,17,20,28H,7-13,16H2,1H3,(H,26,29)/t20-,23-/m1/s1. The molecule has 1 aromatic carbocycles. The number of benzene rings is 1. The second-order valence-electron chi connectivity index (χ2n) is 8.28. The summed E-state index contributed by atoms with van der Waals surface area (Å²) in [5, 5.41) is 14.5. The highest BCUT2D eigenvalue weighted by Gasteiger charge is 2.45. The summed E-state index contributed by atoms with van der Waals surface area (Å²) in [4.78, 5) is 23.6. The summed E-state index contributed by atoms with van der Waals surface area (Å²) in [5.41, 5.74) is 0.0741. The van der Waals surface area contributed by atoms with Gasteiger partial charge in [0.2, 0.25) is 11.9 Å². The minimum Gasteiger partial charge on any atom is -0.494 e. The van der Waals surface area contributed by atoms with E-state index in [1.165, 1.54) is 0 Å². The Bertz CT molecular complexity index is 858. The van der Waals surface area contributed by atoms with Crippen LogP contribution in [0, 0.1) is 5.92 Å². The summed E-state index contributed by atoms with van der Waals surface area (Å²) in [6.07, 6.45) is 5.22. The zero-order valence-corrected chi connectivity index (χ0v) is 17.9. The molecule has 8 nitrogen and oxygen atoms in total. The van der Waals surface area contributed by atoms with Crippen LogP contribution in [0.25, 0.3) is 0 Å². The number of β-amino-alcohol motifs (C(OH)–C–C–N with tert-alkyl or cyclic N) is 1. The van der Waals surface area contributed by atoms with Gasteiger partial charge in [-0.05, 0) is 30.7 Å². The van der Waals surface area contributed by atoms with E-state index in [9.17, 15) is 9.90 Å². The lowest BCUT2D eigenvalue weighted by atomic mass is 9.78. The van der Waals surface area contributed by atoms with Crippen LogP contribution < -0.4 is 15.0 Å². The van der Waals surface area contributed by atoms with Crippen molar-refractivity contribution >= 4 is 11.9 Å². The van der Waals surface area contributed by atoms with Crippen LogP contribution in [0.2, 0.25) is 0 Å². The number of aliphatic hydroxyl groups is 1. The molecule has 166 valence electrons. The maximum Gasteiger partial charge on any atom is 0.225 e. The number of carbonyl (C=O) groups excluding carboxylic acids is 1. The molecule has 2 atom stereocenters. The summed E-state index contributed by atoms with van der Waals surface area (Å²) < 4.78 is 10.5. The number of nitrogens with one attached hydrogen (secondary N) is 1. The molecular weight excluding hydrogens is 396 g/mol. The summed E-state index contributed by atoms with van der Waals surface area (Å²) in [5.74, 6) is 1.42. The van der Waals surface area contributed by atoms with Crippen molar-refractivity contribution in [2.45, 2.75) is 37.3 Å². The molecule has 2 fully saturated rings. The molecule has 2 aliphatic heterocycles. The lowest BCUT2D eigenvalue weighted by molar-refractivity contribution is -0.127. The summed E-state index contributed by atoms with van der Waals surface area (Å²) in [7, 11) is 1.57. The molecule has 8 heteroatoms. The Kier molecular flexibility index (Phi) is 6.67. The molecule has 0 unspecified atom stereocenters. The number of nitrogens with zero attached hydrogens (tertiary/aromatic N) is 3. The van der Waals surface area contributed by atoms with Gasteiger partial charge in [0.05, 0.1) is 31.1 Å². The molecule has 2 N–H and O–H groups in total. The van der Waals surface area contributed by atoms with Gasteiger partial charge in [-0.15, -0.1) is 0 Å². The molecule has 2 saturated heterocycles. The average molecular weight is 427 g/mol. The number of rotatable bonds is 6. The second-order valence-corrected chi connectivity index (χ2v) is 8.28. The Labute approximate surface area is 182 Å². The van der Waals surface area contributed by atoms with Crippen molar-refractivity contribution in [3.05, 3.63) is 48.3 Å². The van der Waals surface area contributed by atoms with Gasteiger partial charge in [-0.25, -0.2) is 9.97 Å². The fourth-order valence-electron chi connectivity index (χ4n) is 4.50. The summed E-state index contributed by atoms with van der Waals surface area (Å²) in [6.45, 7) is 2.34. The molecule has 1 aromatic heterocycles. The van der Waals surface area contributed by atoms with E-state index in [0.717, 1.165) is 18.4 Å². The van der Waals surface area contributed by atoms with E-state index in [1.54, 1.807) is 19.5 Å². The van der Waals surface area contributed by atoms with E-state index in [0.29, 0.717) is 56.8 Å². The second kappa shape index (κ2) is 9.62. The number of piperidine rings is 1. The molecule has 4 rings (SSSR count). The molecule has 0 bridgehead atoms. The predicted molar refractivity (Wildman–Crippen MR) is 116 cm³/mol. The number of methoxy groups -OCH3 is 1. The maximum absolute atomic E-state index is 13.0. The number of amides is 1. The number of aromatic nitrogens is 2. The quantitative estimate of drug-likeness (QED) is 0.728. The number of hydrogen-bond donors (Lipinski definition) is 2. The van der Waals surface area contributed by atoms with E-state index in [2.05, 4.69) is 15.3 Å². The number of hydrogen-bond acceptors (Lipinski definition) is 7. The number of aliphatic hydroxyl groups excluding tert-OH is 1. The van der Waals surface area contributed by atoms with Crippen molar-refractivity contribution in [3.8, 4) is 5.75 Å². The highest BCUT2D eigenvalue weighted by atomic mass is 16.5. The van der Waals surface area contributed by atoms with Crippen molar-refractivity contribution in [1.29, 1.82) is 0 Å². The highest BCUT2D eigenvalue weighted by molar-refractivity contribution is 5.77. The van der Waals surface area contributed by atoms with Gasteiger partial charge in [0.15, 0.2) is 5.75 Å². The molecule has 2 aliphatic rings. The minimum atomic E-state index is -0.841.